The Balaban J connectivity index is 1.99. The number of morpholine rings is 1. The van der Waals surface area contributed by atoms with Gasteiger partial charge in [-0.3, -0.25) is 9.36 Å². The number of anilines is 1. The van der Waals surface area contributed by atoms with E-state index in [-0.39, 0.29) is 5.56 Å². The van der Waals surface area contributed by atoms with Crippen molar-refractivity contribution in [3.05, 3.63) is 19.7 Å². The lowest BCUT2D eigenvalue weighted by molar-refractivity contribution is 0.0844. The molecule has 0 aromatic carbocycles. The molecular weight excluding hydrogens is 342 g/mol. The first-order chi connectivity index (χ1) is 9.66. The molecule has 1 fully saturated rings. The Morgan fingerprint density at radius 2 is 2.30 bits per heavy atom. The van der Waals surface area contributed by atoms with E-state index in [9.17, 15) is 4.79 Å². The van der Waals surface area contributed by atoms with E-state index in [2.05, 4.69) is 20.8 Å². The number of nitrogens with zero attached hydrogens (tertiary/aromatic N) is 3. The molecule has 0 aliphatic carbocycles. The molecule has 0 amide bonds. The standard InChI is InChI=1S/C13H14BrN3O2S/c1-7-9(14)10-11(20-7)12(18)17-3-2-8-6-19-5-4-16(8)13(17)15-10/h8H,2-6H2,1H3/t8-/m0/s1. The highest BCUT2D eigenvalue weighted by molar-refractivity contribution is 9.10. The fraction of sp³-hybridized carbons (Fsp3) is 0.538. The molecule has 0 radical (unpaired) electrons. The van der Waals surface area contributed by atoms with Crippen molar-refractivity contribution in [3.8, 4) is 0 Å². The molecule has 2 aromatic heterocycles. The molecule has 2 aromatic rings. The van der Waals surface area contributed by atoms with Crippen LogP contribution in [0.4, 0.5) is 5.95 Å². The van der Waals surface area contributed by atoms with Crippen LogP contribution in [0.1, 0.15) is 11.3 Å². The summed E-state index contributed by atoms with van der Waals surface area (Å²) in [6.45, 7) is 4.99. The largest absolute Gasteiger partial charge is 0.377 e. The molecule has 106 valence electrons. The lowest BCUT2D eigenvalue weighted by Crippen LogP contribution is -2.51. The van der Waals surface area contributed by atoms with E-state index in [4.69, 9.17) is 9.72 Å². The molecule has 4 heterocycles. The molecule has 0 bridgehead atoms. The number of aromatic nitrogens is 2. The maximum Gasteiger partial charge on any atom is 0.272 e. The van der Waals surface area contributed by atoms with Crippen LogP contribution in [-0.4, -0.2) is 35.4 Å². The zero-order chi connectivity index (χ0) is 13.9. The summed E-state index contributed by atoms with van der Waals surface area (Å²) >= 11 is 5.08. The van der Waals surface area contributed by atoms with Gasteiger partial charge >= 0.3 is 0 Å². The molecule has 4 rings (SSSR count). The third-order valence-corrected chi connectivity index (χ3v) is 6.37. The van der Waals surface area contributed by atoms with Crippen LogP contribution in [-0.2, 0) is 11.3 Å². The summed E-state index contributed by atoms with van der Waals surface area (Å²) in [6, 6.07) is 0.353. The molecule has 1 saturated heterocycles. The van der Waals surface area contributed by atoms with Crippen molar-refractivity contribution in [1.82, 2.24) is 9.55 Å². The summed E-state index contributed by atoms with van der Waals surface area (Å²) in [7, 11) is 0. The molecule has 20 heavy (non-hydrogen) atoms. The maximum absolute atomic E-state index is 12.7. The first kappa shape index (κ1) is 12.8. The molecule has 7 heteroatoms. The van der Waals surface area contributed by atoms with Gasteiger partial charge in [0.1, 0.15) is 10.2 Å². The van der Waals surface area contributed by atoms with Gasteiger partial charge in [-0.2, -0.15) is 0 Å². The molecule has 0 unspecified atom stereocenters. The first-order valence-corrected chi connectivity index (χ1v) is 8.31. The average Bonchev–Trinajstić information content (AvgIpc) is 2.76. The summed E-state index contributed by atoms with van der Waals surface area (Å²) in [6.07, 6.45) is 0.950. The zero-order valence-electron chi connectivity index (χ0n) is 11.1. The van der Waals surface area contributed by atoms with Crippen LogP contribution in [0.15, 0.2) is 9.27 Å². The number of hydrogen-bond acceptors (Lipinski definition) is 5. The Morgan fingerprint density at radius 1 is 1.45 bits per heavy atom. The van der Waals surface area contributed by atoms with Crippen LogP contribution in [0.2, 0.25) is 0 Å². The monoisotopic (exact) mass is 355 g/mol. The number of hydrogen-bond donors (Lipinski definition) is 0. The predicted molar refractivity (Wildman–Crippen MR) is 82.9 cm³/mol. The number of rotatable bonds is 0. The Hall–Kier alpha value is -0.920. The lowest BCUT2D eigenvalue weighted by Gasteiger charge is -2.40. The number of halogens is 1. The summed E-state index contributed by atoms with van der Waals surface area (Å²) in [5.41, 5.74) is 0.893. The molecular formula is C13H14BrN3O2S. The maximum atomic E-state index is 12.7. The quantitative estimate of drug-likeness (QED) is 0.726. The van der Waals surface area contributed by atoms with Crippen LogP contribution in [0, 0.1) is 6.92 Å². The summed E-state index contributed by atoms with van der Waals surface area (Å²) in [5.74, 6) is 0.806. The Labute approximate surface area is 128 Å². The van der Waals surface area contributed by atoms with Crippen molar-refractivity contribution in [2.24, 2.45) is 0 Å². The van der Waals surface area contributed by atoms with Gasteiger partial charge in [-0.1, -0.05) is 0 Å². The Morgan fingerprint density at radius 3 is 3.15 bits per heavy atom. The Bertz CT molecular complexity index is 754. The van der Waals surface area contributed by atoms with Gasteiger partial charge in [0.05, 0.1) is 23.7 Å². The SMILES string of the molecule is Cc1sc2c(=O)n3c(nc2c1Br)N1CCOC[C@@H]1CC3. The second kappa shape index (κ2) is 4.54. The summed E-state index contributed by atoms with van der Waals surface area (Å²) in [4.78, 5) is 20.8. The molecule has 5 nitrogen and oxygen atoms in total. The van der Waals surface area contributed by atoms with Gasteiger partial charge in [-0.05, 0) is 29.3 Å². The van der Waals surface area contributed by atoms with E-state index in [1.807, 2.05) is 11.5 Å². The summed E-state index contributed by atoms with van der Waals surface area (Å²) < 4.78 is 9.07. The first-order valence-electron chi connectivity index (χ1n) is 6.70. The van der Waals surface area contributed by atoms with Crippen molar-refractivity contribution >= 4 is 43.4 Å². The van der Waals surface area contributed by atoms with Crippen LogP contribution >= 0.6 is 27.3 Å². The third-order valence-electron chi connectivity index (χ3n) is 4.05. The van der Waals surface area contributed by atoms with Crippen molar-refractivity contribution in [3.63, 3.8) is 0 Å². The van der Waals surface area contributed by atoms with Crippen molar-refractivity contribution in [2.75, 3.05) is 24.7 Å². The fourth-order valence-corrected chi connectivity index (χ4v) is 4.58. The number of aryl methyl sites for hydroxylation is 1. The van der Waals surface area contributed by atoms with Gasteiger partial charge in [0.25, 0.3) is 5.56 Å². The van der Waals surface area contributed by atoms with E-state index < -0.39 is 0 Å². The van der Waals surface area contributed by atoms with Crippen LogP contribution in [0.3, 0.4) is 0 Å². The van der Waals surface area contributed by atoms with E-state index in [0.29, 0.717) is 12.6 Å². The normalized spacial score (nSPS) is 21.9. The van der Waals surface area contributed by atoms with Gasteiger partial charge in [0, 0.05) is 18.0 Å². The number of ether oxygens (including phenoxy) is 1. The second-order valence-electron chi connectivity index (χ2n) is 5.23. The molecule has 0 N–H and O–H groups in total. The van der Waals surface area contributed by atoms with Crippen molar-refractivity contribution in [1.29, 1.82) is 0 Å². The minimum atomic E-state index is 0.0914. The van der Waals surface area contributed by atoms with Crippen molar-refractivity contribution < 1.29 is 4.74 Å². The topological polar surface area (TPSA) is 47.4 Å². The zero-order valence-corrected chi connectivity index (χ0v) is 13.5. The highest BCUT2D eigenvalue weighted by Crippen LogP contribution is 2.34. The van der Waals surface area contributed by atoms with Gasteiger partial charge in [0.2, 0.25) is 5.95 Å². The van der Waals surface area contributed by atoms with Crippen LogP contribution in [0.25, 0.3) is 10.2 Å². The Kier molecular flexibility index (Phi) is 2.90. The lowest BCUT2D eigenvalue weighted by atomic mass is 10.1. The fourth-order valence-electron chi connectivity index (χ4n) is 2.99. The summed E-state index contributed by atoms with van der Waals surface area (Å²) in [5, 5.41) is 0. The van der Waals surface area contributed by atoms with Crippen LogP contribution < -0.4 is 10.5 Å². The third kappa shape index (κ3) is 1.69. The molecule has 1 atom stereocenters. The van der Waals surface area contributed by atoms with E-state index >= 15 is 0 Å². The van der Waals surface area contributed by atoms with Crippen molar-refractivity contribution in [2.45, 2.75) is 25.9 Å². The number of thiophene rings is 1. The van der Waals surface area contributed by atoms with E-state index in [1.165, 1.54) is 11.3 Å². The smallest absolute Gasteiger partial charge is 0.272 e. The molecule has 0 saturated carbocycles. The number of fused-ring (bicyclic) bond motifs is 4. The van der Waals surface area contributed by atoms with Gasteiger partial charge in [-0.25, -0.2) is 4.98 Å². The highest BCUT2D eigenvalue weighted by atomic mass is 79.9. The van der Waals surface area contributed by atoms with E-state index in [0.717, 1.165) is 51.6 Å². The minimum absolute atomic E-state index is 0.0914. The average molecular weight is 356 g/mol. The highest BCUT2D eigenvalue weighted by Gasteiger charge is 2.32. The van der Waals surface area contributed by atoms with E-state index in [1.54, 1.807) is 0 Å². The second-order valence-corrected chi connectivity index (χ2v) is 7.25. The predicted octanol–water partition coefficient (Wildman–Crippen LogP) is 2.14. The van der Waals surface area contributed by atoms with Crippen LogP contribution in [0.5, 0.6) is 0 Å². The minimum Gasteiger partial charge on any atom is -0.377 e. The van der Waals surface area contributed by atoms with Gasteiger partial charge < -0.3 is 9.64 Å². The molecule has 2 aliphatic rings. The molecule has 2 aliphatic heterocycles. The van der Waals surface area contributed by atoms with Gasteiger partial charge in [-0.15, -0.1) is 11.3 Å². The van der Waals surface area contributed by atoms with Gasteiger partial charge in [0.15, 0.2) is 0 Å². The molecule has 0 spiro atoms.